The van der Waals surface area contributed by atoms with Crippen LogP contribution in [0, 0.1) is 17.1 Å². The minimum Gasteiger partial charge on any atom is -0.370 e. The smallest absolute Gasteiger partial charge is 0.319 e. The van der Waals surface area contributed by atoms with Gasteiger partial charge in [0.15, 0.2) is 0 Å². The van der Waals surface area contributed by atoms with Gasteiger partial charge in [-0.05, 0) is 31.9 Å². The number of benzene rings is 1. The Bertz CT molecular complexity index is 827. The van der Waals surface area contributed by atoms with Crippen molar-refractivity contribution in [3.63, 3.8) is 0 Å². The van der Waals surface area contributed by atoms with Gasteiger partial charge in [0.25, 0.3) is 0 Å². The van der Waals surface area contributed by atoms with E-state index in [1.54, 1.807) is 18.3 Å². The lowest BCUT2D eigenvalue weighted by molar-refractivity contribution is 0.252. The van der Waals surface area contributed by atoms with Gasteiger partial charge in [-0.2, -0.15) is 10.4 Å². The third-order valence-electron chi connectivity index (χ3n) is 4.53. The maximum Gasteiger partial charge on any atom is 0.319 e. The lowest BCUT2D eigenvalue weighted by atomic mass is 9.93. The molecule has 1 saturated heterocycles. The molecular weight excluding hydrogens is 335 g/mol. The number of piperidine rings is 1. The van der Waals surface area contributed by atoms with E-state index in [0.717, 1.165) is 25.1 Å². The van der Waals surface area contributed by atoms with E-state index in [9.17, 15) is 14.4 Å². The van der Waals surface area contributed by atoms with E-state index < -0.39 is 5.82 Å². The number of hydrogen-bond acceptors (Lipinski definition) is 4. The second kappa shape index (κ2) is 7.87. The first kappa shape index (κ1) is 17.7. The molecule has 0 bridgehead atoms. The summed E-state index contributed by atoms with van der Waals surface area (Å²) < 4.78 is 13.9. The molecule has 2 heterocycles. The van der Waals surface area contributed by atoms with Gasteiger partial charge in [-0.25, -0.2) is 9.18 Å². The van der Waals surface area contributed by atoms with E-state index in [0.29, 0.717) is 24.5 Å². The minimum atomic E-state index is -0.507. The number of halogens is 1. The van der Waals surface area contributed by atoms with Crippen molar-refractivity contribution in [3.8, 4) is 6.07 Å². The highest BCUT2D eigenvalue weighted by Gasteiger charge is 2.27. The SMILES string of the molecule is CCNC(=O)Nc1cn[nH]c1[C@@H]1CCCN(c2cccc(F)c2C#N)C1. The molecule has 8 heteroatoms. The zero-order valence-corrected chi connectivity index (χ0v) is 14.6. The van der Waals surface area contributed by atoms with Crippen LogP contribution in [0.2, 0.25) is 0 Å². The van der Waals surface area contributed by atoms with Gasteiger partial charge in [0.2, 0.25) is 0 Å². The van der Waals surface area contributed by atoms with Crippen molar-refractivity contribution in [1.82, 2.24) is 15.5 Å². The van der Waals surface area contributed by atoms with Crippen LogP contribution in [0.15, 0.2) is 24.4 Å². The van der Waals surface area contributed by atoms with Crippen LogP contribution < -0.4 is 15.5 Å². The Morgan fingerprint density at radius 1 is 1.54 bits per heavy atom. The maximum absolute atomic E-state index is 13.9. The largest absolute Gasteiger partial charge is 0.370 e. The average molecular weight is 356 g/mol. The molecule has 0 radical (unpaired) electrons. The highest BCUT2D eigenvalue weighted by molar-refractivity contribution is 5.89. The second-order valence-corrected chi connectivity index (χ2v) is 6.21. The molecule has 1 aliphatic rings. The fraction of sp³-hybridized carbons (Fsp3) is 0.389. The lowest BCUT2D eigenvalue weighted by Gasteiger charge is -2.34. The van der Waals surface area contributed by atoms with Crippen LogP contribution in [0.5, 0.6) is 0 Å². The Labute approximate surface area is 151 Å². The number of amides is 2. The van der Waals surface area contributed by atoms with Crippen molar-refractivity contribution in [2.24, 2.45) is 0 Å². The molecule has 26 heavy (non-hydrogen) atoms. The summed E-state index contributed by atoms with van der Waals surface area (Å²) in [7, 11) is 0. The molecule has 3 rings (SSSR count). The highest BCUT2D eigenvalue weighted by Crippen LogP contribution is 2.34. The molecule has 136 valence electrons. The van der Waals surface area contributed by atoms with E-state index in [1.165, 1.54) is 6.07 Å². The van der Waals surface area contributed by atoms with Crippen LogP contribution in [-0.2, 0) is 0 Å². The monoisotopic (exact) mass is 356 g/mol. The highest BCUT2D eigenvalue weighted by atomic mass is 19.1. The first-order valence-electron chi connectivity index (χ1n) is 8.65. The Kier molecular flexibility index (Phi) is 5.37. The summed E-state index contributed by atoms with van der Waals surface area (Å²) >= 11 is 0. The van der Waals surface area contributed by atoms with Gasteiger partial charge in [0.1, 0.15) is 17.4 Å². The number of rotatable bonds is 4. The number of hydrogen-bond donors (Lipinski definition) is 3. The maximum atomic E-state index is 13.9. The number of anilines is 2. The standard InChI is InChI=1S/C18H21FN6O/c1-2-21-18(26)23-15-10-22-24-17(15)12-5-4-8-25(11-12)16-7-3-6-14(19)13(16)9-20/h3,6-7,10,12H,2,4-5,8,11H2,1H3,(H,22,24)(H2,21,23,26)/t12-/m1/s1. The minimum absolute atomic E-state index is 0.0680. The number of aromatic nitrogens is 2. The van der Waals surface area contributed by atoms with Crippen molar-refractivity contribution in [1.29, 1.82) is 5.26 Å². The number of nitrogens with one attached hydrogen (secondary N) is 3. The fourth-order valence-electron chi connectivity index (χ4n) is 3.35. The fourth-order valence-corrected chi connectivity index (χ4v) is 3.35. The van der Waals surface area contributed by atoms with Crippen molar-refractivity contribution in [3.05, 3.63) is 41.5 Å². The predicted octanol–water partition coefficient (Wildman–Crippen LogP) is 2.95. The molecule has 0 aliphatic carbocycles. The third-order valence-corrected chi connectivity index (χ3v) is 4.53. The summed E-state index contributed by atoms with van der Waals surface area (Å²) in [5.74, 6) is -0.412. The molecule has 0 saturated carbocycles. The van der Waals surface area contributed by atoms with Gasteiger partial charge < -0.3 is 15.5 Å². The van der Waals surface area contributed by atoms with Gasteiger partial charge in [0, 0.05) is 25.6 Å². The molecular formula is C18H21FN6O. The third kappa shape index (κ3) is 3.61. The number of nitrogens with zero attached hydrogens (tertiary/aromatic N) is 3. The van der Waals surface area contributed by atoms with E-state index >= 15 is 0 Å². The molecule has 0 spiro atoms. The zero-order valence-electron chi connectivity index (χ0n) is 14.6. The van der Waals surface area contributed by atoms with Crippen molar-refractivity contribution in [2.75, 3.05) is 29.9 Å². The van der Waals surface area contributed by atoms with Gasteiger partial charge in [-0.15, -0.1) is 0 Å². The number of urea groups is 1. The lowest BCUT2D eigenvalue weighted by Crippen LogP contribution is -2.35. The van der Waals surface area contributed by atoms with E-state index in [-0.39, 0.29) is 17.5 Å². The van der Waals surface area contributed by atoms with Crippen molar-refractivity contribution < 1.29 is 9.18 Å². The molecule has 3 N–H and O–H groups in total. The molecule has 1 fully saturated rings. The number of H-pyrrole nitrogens is 1. The predicted molar refractivity (Wildman–Crippen MR) is 96.6 cm³/mol. The number of carbonyl (C=O) groups is 1. The van der Waals surface area contributed by atoms with Gasteiger partial charge in [-0.1, -0.05) is 6.07 Å². The van der Waals surface area contributed by atoms with Crippen molar-refractivity contribution >= 4 is 17.4 Å². The number of carbonyl (C=O) groups excluding carboxylic acids is 1. The first-order valence-corrected chi connectivity index (χ1v) is 8.65. The summed E-state index contributed by atoms with van der Waals surface area (Å²) in [4.78, 5) is 13.8. The Morgan fingerprint density at radius 3 is 3.15 bits per heavy atom. The summed E-state index contributed by atoms with van der Waals surface area (Å²) in [5.41, 5.74) is 2.16. The van der Waals surface area contributed by atoms with Gasteiger partial charge >= 0.3 is 6.03 Å². The van der Waals surface area contributed by atoms with Crippen LogP contribution in [0.1, 0.15) is 36.9 Å². The molecule has 1 atom stereocenters. The first-order chi connectivity index (χ1) is 12.6. The van der Waals surface area contributed by atoms with Gasteiger partial charge in [0.05, 0.1) is 23.3 Å². The van der Waals surface area contributed by atoms with Crippen LogP contribution in [0.4, 0.5) is 20.6 Å². The average Bonchev–Trinajstić information content (AvgIpc) is 3.10. The van der Waals surface area contributed by atoms with Crippen LogP contribution in [0.25, 0.3) is 0 Å². The second-order valence-electron chi connectivity index (χ2n) is 6.21. The Hall–Kier alpha value is -3.08. The van der Waals surface area contributed by atoms with E-state index in [2.05, 4.69) is 20.8 Å². The zero-order chi connectivity index (χ0) is 18.5. The van der Waals surface area contributed by atoms with Gasteiger partial charge in [-0.3, -0.25) is 5.10 Å². The van der Waals surface area contributed by atoms with E-state index in [4.69, 9.17) is 0 Å². The molecule has 1 aromatic heterocycles. The molecule has 2 amide bonds. The molecule has 7 nitrogen and oxygen atoms in total. The summed E-state index contributed by atoms with van der Waals surface area (Å²) in [5, 5.41) is 21.8. The topological polar surface area (TPSA) is 96.8 Å². The summed E-state index contributed by atoms with van der Waals surface area (Å²) in [6.07, 6.45) is 3.40. The Morgan fingerprint density at radius 2 is 2.38 bits per heavy atom. The molecule has 0 unspecified atom stereocenters. The normalized spacial score (nSPS) is 16.8. The summed E-state index contributed by atoms with van der Waals surface area (Å²) in [6, 6.07) is 6.37. The number of nitriles is 1. The van der Waals surface area contributed by atoms with Crippen LogP contribution >= 0.6 is 0 Å². The number of aromatic amines is 1. The molecule has 1 aromatic carbocycles. The van der Waals surface area contributed by atoms with E-state index in [1.807, 2.05) is 17.9 Å². The molecule has 1 aliphatic heterocycles. The molecule has 2 aromatic rings. The Balaban J connectivity index is 1.80. The quantitative estimate of drug-likeness (QED) is 0.785. The summed E-state index contributed by atoms with van der Waals surface area (Å²) in [6.45, 7) is 3.75. The van der Waals surface area contributed by atoms with Crippen LogP contribution in [-0.4, -0.2) is 35.9 Å². The van der Waals surface area contributed by atoms with Crippen LogP contribution in [0.3, 0.4) is 0 Å². The van der Waals surface area contributed by atoms with Crippen molar-refractivity contribution in [2.45, 2.75) is 25.7 Å².